The van der Waals surface area contributed by atoms with Gasteiger partial charge in [0.15, 0.2) is 0 Å². The molecule has 7 nitrogen and oxygen atoms in total. The topological polar surface area (TPSA) is 85.8 Å². The Bertz CT molecular complexity index is 829. The molecule has 0 radical (unpaired) electrons. The molecular formula is C16H17N5O2S. The summed E-state index contributed by atoms with van der Waals surface area (Å²) in [7, 11) is 0. The van der Waals surface area contributed by atoms with Crippen molar-refractivity contribution in [1.29, 1.82) is 0 Å². The van der Waals surface area contributed by atoms with E-state index in [1.165, 1.54) is 17.3 Å². The number of furan rings is 1. The lowest BCUT2D eigenvalue weighted by molar-refractivity contribution is -0.113. The zero-order valence-electron chi connectivity index (χ0n) is 13.4. The van der Waals surface area contributed by atoms with Crippen LogP contribution in [0.5, 0.6) is 0 Å². The molecule has 124 valence electrons. The van der Waals surface area contributed by atoms with Gasteiger partial charge in [-0.3, -0.25) is 4.79 Å². The van der Waals surface area contributed by atoms with Crippen molar-refractivity contribution in [1.82, 2.24) is 20.2 Å². The summed E-state index contributed by atoms with van der Waals surface area (Å²) in [5.41, 5.74) is 3.13. The van der Waals surface area contributed by atoms with E-state index < -0.39 is 0 Å². The molecular weight excluding hydrogens is 326 g/mol. The second-order valence-electron chi connectivity index (χ2n) is 5.33. The molecule has 0 atom stereocenters. The van der Waals surface area contributed by atoms with Gasteiger partial charge in [0.1, 0.15) is 12.3 Å². The number of aromatic nitrogens is 4. The second-order valence-corrected chi connectivity index (χ2v) is 6.28. The molecule has 3 rings (SSSR count). The molecule has 0 aliphatic rings. The highest BCUT2D eigenvalue weighted by Crippen LogP contribution is 2.17. The van der Waals surface area contributed by atoms with Gasteiger partial charge in [-0.1, -0.05) is 17.8 Å². The highest BCUT2D eigenvalue weighted by atomic mass is 32.2. The lowest BCUT2D eigenvalue weighted by Gasteiger charge is -2.07. The molecule has 1 aromatic carbocycles. The Balaban J connectivity index is 1.56. The maximum atomic E-state index is 12.1. The van der Waals surface area contributed by atoms with Gasteiger partial charge in [0.2, 0.25) is 11.1 Å². The minimum absolute atomic E-state index is 0.101. The average Bonchev–Trinajstić information content (AvgIpc) is 3.21. The number of rotatable bonds is 6. The minimum atomic E-state index is -0.101. The predicted molar refractivity (Wildman–Crippen MR) is 90.9 cm³/mol. The minimum Gasteiger partial charge on any atom is -0.467 e. The number of aryl methyl sites for hydroxylation is 2. The number of hydrogen-bond donors (Lipinski definition) is 1. The van der Waals surface area contributed by atoms with Crippen LogP contribution in [-0.2, 0) is 11.3 Å². The van der Waals surface area contributed by atoms with Gasteiger partial charge in [-0.2, -0.15) is 0 Å². The van der Waals surface area contributed by atoms with Gasteiger partial charge >= 0.3 is 0 Å². The van der Waals surface area contributed by atoms with Gasteiger partial charge < -0.3 is 9.73 Å². The van der Waals surface area contributed by atoms with Crippen LogP contribution in [0.4, 0.5) is 5.69 Å². The van der Waals surface area contributed by atoms with E-state index in [4.69, 9.17) is 4.42 Å². The summed E-state index contributed by atoms with van der Waals surface area (Å²) in [6, 6.07) is 9.50. The number of nitrogens with one attached hydrogen (secondary N) is 1. The maximum absolute atomic E-state index is 12.1. The Hall–Kier alpha value is -2.61. The van der Waals surface area contributed by atoms with Crippen molar-refractivity contribution in [2.75, 3.05) is 11.1 Å². The molecule has 0 saturated carbocycles. The van der Waals surface area contributed by atoms with Crippen molar-refractivity contribution in [3.8, 4) is 0 Å². The first-order valence-corrected chi connectivity index (χ1v) is 8.39. The molecule has 24 heavy (non-hydrogen) atoms. The van der Waals surface area contributed by atoms with Crippen LogP contribution in [0.15, 0.2) is 46.2 Å². The molecule has 0 spiro atoms. The summed E-state index contributed by atoms with van der Waals surface area (Å²) < 4.78 is 6.89. The van der Waals surface area contributed by atoms with Crippen LogP contribution in [0.2, 0.25) is 0 Å². The monoisotopic (exact) mass is 343 g/mol. The first kappa shape index (κ1) is 16.3. The van der Waals surface area contributed by atoms with E-state index in [0.717, 1.165) is 17.0 Å². The van der Waals surface area contributed by atoms with Gasteiger partial charge in [-0.15, -0.1) is 5.10 Å². The van der Waals surface area contributed by atoms with Gasteiger partial charge in [0.25, 0.3) is 0 Å². The molecule has 0 aliphatic carbocycles. The number of hydrogen-bond acceptors (Lipinski definition) is 6. The number of amides is 1. The summed E-state index contributed by atoms with van der Waals surface area (Å²) in [4.78, 5) is 12.1. The van der Waals surface area contributed by atoms with Gasteiger partial charge in [0.05, 0.1) is 12.0 Å². The summed E-state index contributed by atoms with van der Waals surface area (Å²) in [6.45, 7) is 4.49. The lowest BCUT2D eigenvalue weighted by atomic mass is 10.1. The van der Waals surface area contributed by atoms with E-state index in [9.17, 15) is 4.79 Å². The fourth-order valence-corrected chi connectivity index (χ4v) is 2.77. The first-order valence-electron chi connectivity index (χ1n) is 7.40. The Morgan fingerprint density at radius 1 is 1.29 bits per heavy atom. The van der Waals surface area contributed by atoms with Gasteiger partial charge in [-0.05, 0) is 59.7 Å². The smallest absolute Gasteiger partial charge is 0.234 e. The van der Waals surface area contributed by atoms with Crippen molar-refractivity contribution in [3.63, 3.8) is 0 Å². The van der Waals surface area contributed by atoms with E-state index >= 15 is 0 Å². The van der Waals surface area contributed by atoms with Crippen LogP contribution in [0.3, 0.4) is 0 Å². The Morgan fingerprint density at radius 2 is 2.17 bits per heavy atom. The number of benzene rings is 1. The Morgan fingerprint density at radius 3 is 2.92 bits per heavy atom. The standard InChI is InChI=1S/C16H17N5O2S/c1-11-5-6-13(8-12(11)2)17-15(22)10-24-16-18-19-20-21(16)9-14-4-3-7-23-14/h3-8H,9-10H2,1-2H3,(H,17,22). The summed E-state index contributed by atoms with van der Waals surface area (Å²) in [6.07, 6.45) is 1.60. The van der Waals surface area contributed by atoms with Crippen molar-refractivity contribution in [3.05, 3.63) is 53.5 Å². The first-order chi connectivity index (χ1) is 11.6. The zero-order valence-corrected chi connectivity index (χ0v) is 14.2. The molecule has 1 amide bonds. The number of anilines is 1. The largest absolute Gasteiger partial charge is 0.467 e. The average molecular weight is 343 g/mol. The molecule has 0 fully saturated rings. The van der Waals surface area contributed by atoms with Crippen LogP contribution in [0.25, 0.3) is 0 Å². The number of carbonyl (C=O) groups excluding carboxylic acids is 1. The van der Waals surface area contributed by atoms with Crippen molar-refractivity contribution in [2.45, 2.75) is 25.5 Å². The van der Waals surface area contributed by atoms with Crippen molar-refractivity contribution in [2.24, 2.45) is 0 Å². The van der Waals surface area contributed by atoms with Crippen LogP contribution in [0, 0.1) is 13.8 Å². The van der Waals surface area contributed by atoms with Crippen molar-refractivity contribution >= 4 is 23.4 Å². The molecule has 8 heteroatoms. The second kappa shape index (κ2) is 7.31. The number of thioether (sulfide) groups is 1. The van der Waals surface area contributed by atoms with E-state index in [1.54, 1.807) is 10.9 Å². The van der Waals surface area contributed by atoms with Crippen LogP contribution >= 0.6 is 11.8 Å². The number of carbonyl (C=O) groups is 1. The number of tetrazole rings is 1. The third kappa shape index (κ3) is 4.02. The fraction of sp³-hybridized carbons (Fsp3) is 0.250. The van der Waals surface area contributed by atoms with Crippen LogP contribution in [0.1, 0.15) is 16.9 Å². The SMILES string of the molecule is Cc1ccc(NC(=O)CSc2nnnn2Cc2ccco2)cc1C. The van der Waals surface area contributed by atoms with Crippen molar-refractivity contribution < 1.29 is 9.21 Å². The third-order valence-electron chi connectivity index (χ3n) is 3.51. The zero-order chi connectivity index (χ0) is 16.9. The molecule has 3 aromatic rings. The van der Waals surface area contributed by atoms with Crippen LogP contribution < -0.4 is 5.32 Å². The highest BCUT2D eigenvalue weighted by Gasteiger charge is 2.11. The van der Waals surface area contributed by atoms with E-state index in [0.29, 0.717) is 11.7 Å². The summed E-state index contributed by atoms with van der Waals surface area (Å²) >= 11 is 1.28. The highest BCUT2D eigenvalue weighted by molar-refractivity contribution is 7.99. The normalized spacial score (nSPS) is 10.8. The molecule has 0 unspecified atom stereocenters. The summed E-state index contributed by atoms with van der Waals surface area (Å²) in [5.74, 6) is 0.880. The van der Waals surface area contributed by atoms with Gasteiger partial charge in [-0.25, -0.2) is 4.68 Å². The number of nitrogens with zero attached hydrogens (tertiary/aromatic N) is 4. The fourth-order valence-electron chi connectivity index (χ4n) is 2.10. The van der Waals surface area contributed by atoms with E-state index in [1.807, 2.05) is 44.2 Å². The molecule has 0 aliphatic heterocycles. The van der Waals surface area contributed by atoms with Gasteiger partial charge in [0, 0.05) is 5.69 Å². The van der Waals surface area contributed by atoms with E-state index in [-0.39, 0.29) is 11.7 Å². The maximum Gasteiger partial charge on any atom is 0.234 e. The molecule has 0 saturated heterocycles. The predicted octanol–water partition coefficient (Wildman–Crippen LogP) is 2.66. The molecule has 2 aromatic heterocycles. The summed E-state index contributed by atoms with van der Waals surface area (Å²) in [5, 5.41) is 15.0. The molecule has 0 bridgehead atoms. The molecule has 2 heterocycles. The Kier molecular flexibility index (Phi) is 4.95. The molecule has 1 N–H and O–H groups in total. The van der Waals surface area contributed by atoms with E-state index in [2.05, 4.69) is 20.8 Å². The lowest BCUT2D eigenvalue weighted by Crippen LogP contribution is -2.15. The Labute approximate surface area is 143 Å². The third-order valence-corrected chi connectivity index (χ3v) is 4.46. The quantitative estimate of drug-likeness (QED) is 0.693. The van der Waals surface area contributed by atoms with Crippen LogP contribution in [-0.4, -0.2) is 31.9 Å².